The summed E-state index contributed by atoms with van der Waals surface area (Å²) in [5.74, 6) is 0.976. The quantitative estimate of drug-likeness (QED) is 0.198. The number of hydrogen-bond acceptors (Lipinski definition) is 5. The molecule has 1 aromatic heterocycles. The van der Waals surface area contributed by atoms with Gasteiger partial charge in [0.25, 0.3) is 0 Å². The maximum Gasteiger partial charge on any atom is 0.191 e. The van der Waals surface area contributed by atoms with E-state index in [-0.39, 0.29) is 5.84 Å². The molecule has 0 radical (unpaired) electrons. The lowest BCUT2D eigenvalue weighted by Crippen LogP contribution is -2.16. The van der Waals surface area contributed by atoms with Crippen molar-refractivity contribution in [3.63, 3.8) is 0 Å². The number of unbranched alkanes of at least 4 members (excludes halogenated alkanes) is 2. The molecule has 0 aliphatic carbocycles. The highest BCUT2D eigenvalue weighted by atomic mass is 32.2. The second-order valence-corrected chi connectivity index (χ2v) is 4.33. The third-order valence-electron chi connectivity index (χ3n) is 2.00. The minimum absolute atomic E-state index is 0.00564. The number of rotatable bonds is 6. The molecule has 0 aromatic carbocycles. The zero-order chi connectivity index (χ0) is 11.8. The first-order valence-corrected chi connectivity index (χ1v) is 6.19. The Balaban J connectivity index is 2.64. The Kier molecular flexibility index (Phi) is 5.63. The van der Waals surface area contributed by atoms with Gasteiger partial charge >= 0.3 is 0 Å². The van der Waals surface area contributed by atoms with E-state index in [2.05, 4.69) is 22.0 Å². The molecule has 0 unspecified atom stereocenters. The first-order valence-electron chi connectivity index (χ1n) is 5.21. The van der Waals surface area contributed by atoms with Crippen molar-refractivity contribution in [3.8, 4) is 0 Å². The lowest BCUT2D eigenvalue weighted by Gasteiger charge is -2.04. The minimum atomic E-state index is 0.00564. The van der Waals surface area contributed by atoms with Crippen molar-refractivity contribution >= 4 is 17.6 Å². The van der Waals surface area contributed by atoms with Crippen LogP contribution in [-0.2, 0) is 0 Å². The molecule has 1 rings (SSSR count). The molecule has 0 saturated heterocycles. The second kappa shape index (κ2) is 7.05. The Morgan fingerprint density at radius 3 is 2.88 bits per heavy atom. The number of nitrogens with two attached hydrogens (primary N) is 1. The summed E-state index contributed by atoms with van der Waals surface area (Å²) in [5, 5.41) is 12.3. The average molecular weight is 240 g/mol. The fourth-order valence-corrected chi connectivity index (χ4v) is 2.15. The molecule has 0 spiro atoms. The summed E-state index contributed by atoms with van der Waals surface area (Å²) in [4.78, 5) is 8.22. The Labute approximate surface area is 99.2 Å². The SMILES string of the molecule is CCCCCSc1nccnc1C(N)=NO. The highest BCUT2D eigenvalue weighted by Crippen LogP contribution is 2.19. The molecule has 0 amide bonds. The molecule has 3 N–H and O–H groups in total. The van der Waals surface area contributed by atoms with Gasteiger partial charge in [-0.1, -0.05) is 24.9 Å². The summed E-state index contributed by atoms with van der Waals surface area (Å²) >= 11 is 1.59. The second-order valence-electron chi connectivity index (χ2n) is 3.25. The molecule has 1 heterocycles. The molecule has 0 aliphatic rings. The molecule has 16 heavy (non-hydrogen) atoms. The van der Waals surface area contributed by atoms with Gasteiger partial charge in [0.05, 0.1) is 0 Å². The predicted octanol–water partition coefficient (Wildman–Crippen LogP) is 1.85. The van der Waals surface area contributed by atoms with Gasteiger partial charge < -0.3 is 10.9 Å². The van der Waals surface area contributed by atoms with E-state index in [0.717, 1.165) is 12.2 Å². The number of nitrogens with zero attached hydrogens (tertiary/aromatic N) is 3. The van der Waals surface area contributed by atoms with E-state index in [1.165, 1.54) is 19.0 Å². The van der Waals surface area contributed by atoms with Crippen LogP contribution in [0.3, 0.4) is 0 Å². The average Bonchev–Trinajstić information content (AvgIpc) is 2.34. The molecule has 6 heteroatoms. The standard InChI is InChI=1S/C10H16N4OS/c1-2-3-4-7-16-10-8(9(11)14-15)12-5-6-13-10/h5-6,15H,2-4,7H2,1H3,(H2,11,14). The van der Waals surface area contributed by atoms with Gasteiger partial charge in [0.1, 0.15) is 10.7 Å². The van der Waals surface area contributed by atoms with Crippen molar-refractivity contribution in [2.75, 3.05) is 5.75 Å². The van der Waals surface area contributed by atoms with Crippen LogP contribution in [0.2, 0.25) is 0 Å². The zero-order valence-corrected chi connectivity index (χ0v) is 10.1. The highest BCUT2D eigenvalue weighted by molar-refractivity contribution is 7.99. The van der Waals surface area contributed by atoms with Crippen LogP contribution in [0.15, 0.2) is 22.6 Å². The van der Waals surface area contributed by atoms with Crippen LogP contribution in [0.4, 0.5) is 0 Å². The van der Waals surface area contributed by atoms with Crippen molar-refractivity contribution < 1.29 is 5.21 Å². The van der Waals surface area contributed by atoms with E-state index in [4.69, 9.17) is 10.9 Å². The number of oxime groups is 1. The number of aromatic nitrogens is 2. The van der Waals surface area contributed by atoms with Gasteiger partial charge in [-0.3, -0.25) is 0 Å². The van der Waals surface area contributed by atoms with Crippen LogP contribution < -0.4 is 5.73 Å². The van der Waals surface area contributed by atoms with Crippen LogP contribution in [0.25, 0.3) is 0 Å². The van der Waals surface area contributed by atoms with E-state index < -0.39 is 0 Å². The molecular weight excluding hydrogens is 224 g/mol. The maximum absolute atomic E-state index is 8.61. The van der Waals surface area contributed by atoms with Crippen molar-refractivity contribution in [1.82, 2.24) is 9.97 Å². The van der Waals surface area contributed by atoms with E-state index in [1.807, 2.05) is 0 Å². The number of hydrogen-bond donors (Lipinski definition) is 2. The van der Waals surface area contributed by atoms with Crippen molar-refractivity contribution in [3.05, 3.63) is 18.1 Å². The molecule has 88 valence electrons. The molecule has 0 bridgehead atoms. The smallest absolute Gasteiger partial charge is 0.191 e. The Bertz CT molecular complexity index is 356. The van der Waals surface area contributed by atoms with Crippen LogP contribution in [0.5, 0.6) is 0 Å². The Morgan fingerprint density at radius 2 is 2.19 bits per heavy atom. The van der Waals surface area contributed by atoms with E-state index in [0.29, 0.717) is 10.7 Å². The largest absolute Gasteiger partial charge is 0.409 e. The predicted molar refractivity (Wildman–Crippen MR) is 64.8 cm³/mol. The van der Waals surface area contributed by atoms with Gasteiger partial charge in [0.2, 0.25) is 0 Å². The minimum Gasteiger partial charge on any atom is -0.409 e. The highest BCUT2D eigenvalue weighted by Gasteiger charge is 2.09. The summed E-state index contributed by atoms with van der Waals surface area (Å²) in [6.45, 7) is 2.16. The van der Waals surface area contributed by atoms with Crippen LogP contribution >= 0.6 is 11.8 Å². The lowest BCUT2D eigenvalue weighted by molar-refractivity contribution is 0.318. The summed E-state index contributed by atoms with van der Waals surface area (Å²) in [6.07, 6.45) is 6.66. The Morgan fingerprint density at radius 1 is 1.44 bits per heavy atom. The van der Waals surface area contributed by atoms with Crippen LogP contribution in [0.1, 0.15) is 31.9 Å². The van der Waals surface area contributed by atoms with Gasteiger partial charge in [0, 0.05) is 12.4 Å². The fourth-order valence-electron chi connectivity index (χ4n) is 1.17. The number of thioether (sulfide) groups is 1. The third-order valence-corrected chi connectivity index (χ3v) is 3.07. The molecule has 5 nitrogen and oxygen atoms in total. The van der Waals surface area contributed by atoms with Crippen LogP contribution in [0, 0.1) is 0 Å². The zero-order valence-electron chi connectivity index (χ0n) is 9.26. The van der Waals surface area contributed by atoms with Gasteiger partial charge in [-0.05, 0) is 12.2 Å². The summed E-state index contributed by atoms with van der Waals surface area (Å²) in [6, 6.07) is 0. The lowest BCUT2D eigenvalue weighted by atomic mass is 10.3. The van der Waals surface area contributed by atoms with E-state index >= 15 is 0 Å². The van der Waals surface area contributed by atoms with Gasteiger partial charge in [-0.2, -0.15) is 0 Å². The molecule has 0 fully saturated rings. The van der Waals surface area contributed by atoms with Gasteiger partial charge in [0.15, 0.2) is 5.84 Å². The number of amidine groups is 1. The molecular formula is C10H16N4OS. The molecule has 0 saturated carbocycles. The van der Waals surface area contributed by atoms with E-state index in [1.54, 1.807) is 18.0 Å². The molecule has 0 atom stereocenters. The van der Waals surface area contributed by atoms with Crippen molar-refractivity contribution in [2.45, 2.75) is 31.2 Å². The van der Waals surface area contributed by atoms with E-state index in [9.17, 15) is 0 Å². The first kappa shape index (κ1) is 12.8. The Hall–Kier alpha value is -1.30. The monoisotopic (exact) mass is 240 g/mol. The van der Waals surface area contributed by atoms with Crippen molar-refractivity contribution in [2.24, 2.45) is 10.9 Å². The summed E-state index contributed by atoms with van der Waals surface area (Å²) in [5.41, 5.74) is 5.96. The molecule has 0 aliphatic heterocycles. The third kappa shape index (κ3) is 3.69. The maximum atomic E-state index is 8.61. The first-order chi connectivity index (χ1) is 7.79. The fraction of sp³-hybridized carbons (Fsp3) is 0.500. The normalized spacial score (nSPS) is 11.7. The van der Waals surface area contributed by atoms with Gasteiger partial charge in [-0.15, -0.1) is 11.8 Å². The molecule has 1 aromatic rings. The topological polar surface area (TPSA) is 84.4 Å². The van der Waals surface area contributed by atoms with Gasteiger partial charge in [-0.25, -0.2) is 9.97 Å². The summed E-state index contributed by atoms with van der Waals surface area (Å²) < 4.78 is 0. The van der Waals surface area contributed by atoms with Crippen LogP contribution in [-0.4, -0.2) is 26.8 Å². The summed E-state index contributed by atoms with van der Waals surface area (Å²) in [7, 11) is 0. The van der Waals surface area contributed by atoms with Crippen molar-refractivity contribution in [1.29, 1.82) is 0 Å².